The Balaban J connectivity index is 1.81. The predicted molar refractivity (Wildman–Crippen MR) is 80.7 cm³/mol. The molecular formula is C15H16N4O3. The number of anilines is 2. The van der Waals surface area contributed by atoms with E-state index in [2.05, 4.69) is 10.4 Å². The fraction of sp³-hybridized carbons (Fsp3) is 0.267. The van der Waals surface area contributed by atoms with Crippen molar-refractivity contribution in [1.29, 1.82) is 0 Å². The number of ether oxygens (including phenoxy) is 1. The molecule has 0 unspecified atom stereocenters. The van der Waals surface area contributed by atoms with E-state index < -0.39 is 6.10 Å². The normalized spacial score (nSPS) is 16.6. The van der Waals surface area contributed by atoms with Crippen molar-refractivity contribution in [3.8, 4) is 5.75 Å². The van der Waals surface area contributed by atoms with Crippen LogP contribution in [0.15, 0.2) is 36.5 Å². The van der Waals surface area contributed by atoms with Gasteiger partial charge in [0.05, 0.1) is 12.2 Å². The molecule has 0 radical (unpaired) electrons. The van der Waals surface area contributed by atoms with Gasteiger partial charge in [0.15, 0.2) is 11.9 Å². The smallest absolute Gasteiger partial charge is 0.268 e. The standard InChI is InChI=1S/C15H16N4O3/c1-10(20)19-9-13(22-12-6-4-3-5-11(12)19)15(21)16-14-7-8-18(2)17-14/h3-8,13H,9H2,1-2H3,(H,16,17,21)/t13-/m0/s1. The third-order valence-corrected chi connectivity index (χ3v) is 3.41. The van der Waals surface area contributed by atoms with Crippen molar-refractivity contribution in [2.45, 2.75) is 13.0 Å². The first-order valence-corrected chi connectivity index (χ1v) is 6.89. The minimum atomic E-state index is -0.777. The first kappa shape index (κ1) is 14.1. The third-order valence-electron chi connectivity index (χ3n) is 3.41. The monoisotopic (exact) mass is 300 g/mol. The van der Waals surface area contributed by atoms with Crippen molar-refractivity contribution in [2.24, 2.45) is 7.05 Å². The molecule has 0 saturated heterocycles. The molecule has 1 aromatic carbocycles. The molecule has 114 valence electrons. The van der Waals surface area contributed by atoms with Gasteiger partial charge in [0, 0.05) is 26.2 Å². The van der Waals surface area contributed by atoms with Crippen LogP contribution in [0, 0.1) is 0 Å². The summed E-state index contributed by atoms with van der Waals surface area (Å²) in [5.41, 5.74) is 0.678. The van der Waals surface area contributed by atoms with E-state index in [9.17, 15) is 9.59 Å². The van der Waals surface area contributed by atoms with E-state index in [0.29, 0.717) is 17.3 Å². The van der Waals surface area contributed by atoms with Crippen LogP contribution in [0.3, 0.4) is 0 Å². The summed E-state index contributed by atoms with van der Waals surface area (Å²) in [6.07, 6.45) is 0.954. The second-order valence-electron chi connectivity index (χ2n) is 5.07. The Morgan fingerprint density at radius 2 is 2.09 bits per heavy atom. The second-order valence-corrected chi connectivity index (χ2v) is 5.07. The SMILES string of the molecule is CC(=O)N1C[C@@H](C(=O)Nc2ccn(C)n2)Oc2ccccc21. The van der Waals surface area contributed by atoms with E-state index in [-0.39, 0.29) is 18.4 Å². The van der Waals surface area contributed by atoms with Crippen LogP contribution in [0.4, 0.5) is 11.5 Å². The van der Waals surface area contributed by atoms with Crippen molar-refractivity contribution in [3.05, 3.63) is 36.5 Å². The summed E-state index contributed by atoms with van der Waals surface area (Å²) in [4.78, 5) is 25.7. The van der Waals surface area contributed by atoms with Crippen molar-refractivity contribution in [1.82, 2.24) is 9.78 Å². The van der Waals surface area contributed by atoms with Crippen molar-refractivity contribution >= 4 is 23.3 Å². The predicted octanol–water partition coefficient (Wildman–Crippen LogP) is 1.17. The number of aromatic nitrogens is 2. The molecule has 1 atom stereocenters. The molecule has 0 spiro atoms. The van der Waals surface area contributed by atoms with Crippen LogP contribution in [0.2, 0.25) is 0 Å². The Hall–Kier alpha value is -2.83. The average molecular weight is 300 g/mol. The number of hydrogen-bond donors (Lipinski definition) is 1. The van der Waals surface area contributed by atoms with Crippen LogP contribution in [-0.4, -0.2) is 34.2 Å². The van der Waals surface area contributed by atoms with Gasteiger partial charge >= 0.3 is 0 Å². The van der Waals surface area contributed by atoms with Crippen molar-refractivity contribution < 1.29 is 14.3 Å². The Morgan fingerprint density at radius 1 is 1.32 bits per heavy atom. The molecule has 0 saturated carbocycles. The van der Waals surface area contributed by atoms with Crippen LogP contribution in [-0.2, 0) is 16.6 Å². The van der Waals surface area contributed by atoms with E-state index >= 15 is 0 Å². The first-order valence-electron chi connectivity index (χ1n) is 6.89. The molecule has 0 bridgehead atoms. The number of rotatable bonds is 2. The fourth-order valence-corrected chi connectivity index (χ4v) is 2.36. The number of nitrogens with one attached hydrogen (secondary N) is 1. The van der Waals surface area contributed by atoms with E-state index in [1.54, 1.807) is 47.1 Å². The molecule has 2 aromatic rings. The van der Waals surface area contributed by atoms with Crippen LogP contribution in [0.25, 0.3) is 0 Å². The number of carbonyl (C=O) groups excluding carboxylic acids is 2. The van der Waals surface area contributed by atoms with Gasteiger partial charge in [0.25, 0.3) is 5.91 Å². The van der Waals surface area contributed by atoms with Crippen molar-refractivity contribution in [2.75, 3.05) is 16.8 Å². The maximum absolute atomic E-state index is 12.3. The molecule has 7 nitrogen and oxygen atoms in total. The van der Waals surface area contributed by atoms with Crippen LogP contribution >= 0.6 is 0 Å². The van der Waals surface area contributed by atoms with Crippen LogP contribution in [0.1, 0.15) is 6.92 Å². The number of amides is 2. The molecule has 1 N–H and O–H groups in total. The molecule has 1 aromatic heterocycles. The largest absolute Gasteiger partial charge is 0.476 e. The lowest BCUT2D eigenvalue weighted by Gasteiger charge is -2.33. The summed E-state index contributed by atoms with van der Waals surface area (Å²) < 4.78 is 7.30. The molecule has 1 aliphatic heterocycles. The summed E-state index contributed by atoms with van der Waals surface area (Å²) in [6.45, 7) is 1.64. The van der Waals surface area contributed by atoms with Gasteiger partial charge in [-0.05, 0) is 12.1 Å². The van der Waals surface area contributed by atoms with E-state index in [1.165, 1.54) is 6.92 Å². The fourth-order valence-electron chi connectivity index (χ4n) is 2.36. The highest BCUT2D eigenvalue weighted by Gasteiger charge is 2.32. The Kier molecular flexibility index (Phi) is 3.54. The number of nitrogens with zero attached hydrogens (tertiary/aromatic N) is 3. The highest BCUT2D eigenvalue weighted by atomic mass is 16.5. The van der Waals surface area contributed by atoms with Gasteiger partial charge in [0.1, 0.15) is 5.75 Å². The number of benzene rings is 1. The average Bonchev–Trinajstić information content (AvgIpc) is 2.91. The highest BCUT2D eigenvalue weighted by Crippen LogP contribution is 2.33. The lowest BCUT2D eigenvalue weighted by Crippen LogP contribution is -2.48. The topological polar surface area (TPSA) is 76.5 Å². The van der Waals surface area contributed by atoms with Gasteiger partial charge in [0.2, 0.25) is 5.91 Å². The van der Waals surface area contributed by atoms with Gasteiger partial charge in [-0.1, -0.05) is 12.1 Å². The lowest BCUT2D eigenvalue weighted by molar-refractivity contribution is -0.123. The molecule has 7 heteroatoms. The summed E-state index contributed by atoms with van der Waals surface area (Å²) in [5, 5.41) is 6.78. The Morgan fingerprint density at radius 3 is 2.77 bits per heavy atom. The van der Waals surface area contributed by atoms with Gasteiger partial charge in [-0.2, -0.15) is 5.10 Å². The maximum atomic E-state index is 12.3. The second kappa shape index (κ2) is 5.51. The molecule has 2 heterocycles. The van der Waals surface area contributed by atoms with Gasteiger partial charge in [-0.15, -0.1) is 0 Å². The summed E-state index contributed by atoms with van der Waals surface area (Å²) in [6, 6.07) is 8.86. The zero-order valence-electron chi connectivity index (χ0n) is 12.3. The Labute approximate surface area is 127 Å². The summed E-state index contributed by atoms with van der Waals surface area (Å²) in [5.74, 6) is 0.500. The molecule has 1 aliphatic rings. The number of aryl methyl sites for hydroxylation is 1. The molecule has 0 aliphatic carbocycles. The first-order chi connectivity index (χ1) is 10.5. The summed E-state index contributed by atoms with van der Waals surface area (Å²) >= 11 is 0. The minimum Gasteiger partial charge on any atom is -0.476 e. The van der Waals surface area contributed by atoms with Crippen LogP contribution < -0.4 is 15.0 Å². The van der Waals surface area contributed by atoms with E-state index in [4.69, 9.17) is 4.74 Å². The zero-order chi connectivity index (χ0) is 15.7. The minimum absolute atomic E-state index is 0.133. The number of fused-ring (bicyclic) bond motifs is 1. The summed E-state index contributed by atoms with van der Waals surface area (Å²) in [7, 11) is 1.76. The van der Waals surface area contributed by atoms with Gasteiger partial charge in [-0.3, -0.25) is 14.3 Å². The molecule has 3 rings (SSSR count). The maximum Gasteiger partial charge on any atom is 0.268 e. The van der Waals surface area contributed by atoms with E-state index in [0.717, 1.165) is 0 Å². The van der Waals surface area contributed by atoms with Gasteiger partial charge < -0.3 is 15.0 Å². The molecule has 0 fully saturated rings. The zero-order valence-corrected chi connectivity index (χ0v) is 12.3. The number of hydrogen-bond acceptors (Lipinski definition) is 4. The van der Waals surface area contributed by atoms with Gasteiger partial charge in [-0.25, -0.2) is 0 Å². The third kappa shape index (κ3) is 2.65. The van der Waals surface area contributed by atoms with Crippen LogP contribution in [0.5, 0.6) is 5.75 Å². The number of carbonyl (C=O) groups is 2. The van der Waals surface area contributed by atoms with E-state index in [1.807, 2.05) is 6.07 Å². The Bertz CT molecular complexity index is 725. The molecule has 22 heavy (non-hydrogen) atoms. The highest BCUT2D eigenvalue weighted by molar-refractivity contribution is 5.99. The molecule has 2 amide bonds. The lowest BCUT2D eigenvalue weighted by atomic mass is 10.1. The quantitative estimate of drug-likeness (QED) is 0.903. The van der Waals surface area contributed by atoms with Crippen molar-refractivity contribution in [3.63, 3.8) is 0 Å². The number of para-hydroxylation sites is 2. The molecular weight excluding hydrogens is 284 g/mol.